The van der Waals surface area contributed by atoms with Gasteiger partial charge in [0.1, 0.15) is 5.75 Å². The number of morpholine rings is 1. The minimum absolute atomic E-state index is 0.268. The molecule has 0 bridgehead atoms. The first-order valence-electron chi connectivity index (χ1n) is 7.25. The van der Waals surface area contributed by atoms with E-state index in [0.717, 1.165) is 44.2 Å². The van der Waals surface area contributed by atoms with E-state index in [9.17, 15) is 5.11 Å². The molecule has 1 aliphatic heterocycles. The second kappa shape index (κ2) is 6.61. The first-order valence-corrected chi connectivity index (χ1v) is 7.25. The van der Waals surface area contributed by atoms with Crippen LogP contribution in [-0.2, 0) is 11.3 Å². The molecular weight excluding hydrogens is 264 g/mol. The molecule has 1 aliphatic rings. The first kappa shape index (κ1) is 13.9. The minimum Gasteiger partial charge on any atom is -0.508 e. The molecule has 1 heterocycles. The lowest BCUT2D eigenvalue weighted by Gasteiger charge is -2.26. The molecule has 0 radical (unpaired) electrons. The Hall–Kier alpha value is -2.04. The van der Waals surface area contributed by atoms with Crippen molar-refractivity contribution in [1.82, 2.24) is 4.90 Å². The molecule has 0 saturated carbocycles. The maximum Gasteiger partial charge on any atom is 0.117 e. The monoisotopic (exact) mass is 284 g/mol. The zero-order chi connectivity index (χ0) is 14.5. The van der Waals surface area contributed by atoms with Crippen molar-refractivity contribution < 1.29 is 9.84 Å². The number of aromatic hydroxyl groups is 1. The lowest BCUT2D eigenvalue weighted by molar-refractivity contribution is 0.0342. The van der Waals surface area contributed by atoms with Crippen molar-refractivity contribution in [1.29, 1.82) is 0 Å². The van der Waals surface area contributed by atoms with E-state index in [1.165, 1.54) is 5.56 Å². The fourth-order valence-electron chi connectivity index (χ4n) is 2.46. The third-order valence-electron chi connectivity index (χ3n) is 3.60. The number of hydrogen-bond acceptors (Lipinski definition) is 4. The van der Waals surface area contributed by atoms with Crippen LogP contribution in [0, 0.1) is 0 Å². The Morgan fingerprint density at radius 2 is 1.76 bits per heavy atom. The van der Waals surface area contributed by atoms with Crippen LogP contribution in [0.5, 0.6) is 5.75 Å². The number of rotatable bonds is 4. The van der Waals surface area contributed by atoms with Crippen LogP contribution in [0.1, 0.15) is 5.56 Å². The molecule has 0 atom stereocenters. The molecule has 2 aromatic rings. The molecule has 110 valence electrons. The number of phenols is 1. The molecule has 2 N–H and O–H groups in total. The number of ether oxygens (including phenoxy) is 1. The SMILES string of the molecule is Oc1cccc(Nc2ccc(CN3CCOCC3)cc2)c1. The van der Waals surface area contributed by atoms with Gasteiger partial charge in [0, 0.05) is 37.1 Å². The summed E-state index contributed by atoms with van der Waals surface area (Å²) in [6, 6.07) is 15.5. The molecule has 0 amide bonds. The summed E-state index contributed by atoms with van der Waals surface area (Å²) in [5, 5.41) is 12.7. The fraction of sp³-hybridized carbons (Fsp3) is 0.294. The van der Waals surface area contributed by atoms with Crippen molar-refractivity contribution in [3.63, 3.8) is 0 Å². The molecule has 0 unspecified atom stereocenters. The maximum absolute atomic E-state index is 9.46. The highest BCUT2D eigenvalue weighted by Gasteiger charge is 2.10. The van der Waals surface area contributed by atoms with Crippen molar-refractivity contribution in [3.05, 3.63) is 54.1 Å². The zero-order valence-corrected chi connectivity index (χ0v) is 12.0. The molecule has 2 aromatic carbocycles. The molecule has 3 rings (SSSR count). The van der Waals surface area contributed by atoms with E-state index in [-0.39, 0.29) is 5.75 Å². The molecular formula is C17H20N2O2. The van der Waals surface area contributed by atoms with Crippen LogP contribution in [0.2, 0.25) is 0 Å². The van der Waals surface area contributed by atoms with Gasteiger partial charge in [-0.25, -0.2) is 0 Å². The predicted octanol–water partition coefficient (Wildman–Crippen LogP) is 2.97. The number of phenolic OH excluding ortho intramolecular Hbond substituents is 1. The van der Waals surface area contributed by atoms with E-state index in [1.807, 2.05) is 12.1 Å². The van der Waals surface area contributed by atoms with Crippen molar-refractivity contribution in [2.24, 2.45) is 0 Å². The van der Waals surface area contributed by atoms with Crippen LogP contribution in [0.3, 0.4) is 0 Å². The summed E-state index contributed by atoms with van der Waals surface area (Å²) in [5.41, 5.74) is 3.21. The Bertz CT molecular complexity index is 578. The van der Waals surface area contributed by atoms with Gasteiger partial charge in [-0.05, 0) is 29.8 Å². The van der Waals surface area contributed by atoms with Crippen LogP contribution in [0.25, 0.3) is 0 Å². The van der Waals surface area contributed by atoms with Crippen molar-refractivity contribution in [2.45, 2.75) is 6.54 Å². The summed E-state index contributed by atoms with van der Waals surface area (Å²) < 4.78 is 5.36. The summed E-state index contributed by atoms with van der Waals surface area (Å²) in [7, 11) is 0. The van der Waals surface area contributed by atoms with Crippen LogP contribution in [0.15, 0.2) is 48.5 Å². The molecule has 1 saturated heterocycles. The van der Waals surface area contributed by atoms with Gasteiger partial charge in [0.05, 0.1) is 13.2 Å². The summed E-state index contributed by atoms with van der Waals surface area (Å²) >= 11 is 0. The van der Waals surface area contributed by atoms with Crippen LogP contribution < -0.4 is 5.32 Å². The third kappa shape index (κ3) is 3.97. The second-order valence-electron chi connectivity index (χ2n) is 5.26. The van der Waals surface area contributed by atoms with Crippen molar-refractivity contribution in [2.75, 3.05) is 31.6 Å². The number of hydrogen-bond donors (Lipinski definition) is 2. The zero-order valence-electron chi connectivity index (χ0n) is 12.0. The molecule has 4 heteroatoms. The Kier molecular flexibility index (Phi) is 4.38. The summed E-state index contributed by atoms with van der Waals surface area (Å²) in [4.78, 5) is 2.40. The van der Waals surface area contributed by atoms with Crippen molar-refractivity contribution in [3.8, 4) is 5.75 Å². The largest absolute Gasteiger partial charge is 0.508 e. The minimum atomic E-state index is 0.268. The van der Waals surface area contributed by atoms with Crippen molar-refractivity contribution >= 4 is 11.4 Å². The Morgan fingerprint density at radius 3 is 2.48 bits per heavy atom. The second-order valence-corrected chi connectivity index (χ2v) is 5.26. The molecule has 0 spiro atoms. The highest BCUT2D eigenvalue weighted by molar-refractivity contribution is 5.61. The molecule has 0 aromatic heterocycles. The molecule has 21 heavy (non-hydrogen) atoms. The average Bonchev–Trinajstić information content (AvgIpc) is 2.50. The Morgan fingerprint density at radius 1 is 1.00 bits per heavy atom. The van der Waals surface area contributed by atoms with E-state index < -0.39 is 0 Å². The lowest BCUT2D eigenvalue weighted by atomic mass is 10.2. The fourth-order valence-corrected chi connectivity index (χ4v) is 2.46. The number of nitrogens with zero attached hydrogens (tertiary/aromatic N) is 1. The summed E-state index contributed by atoms with van der Waals surface area (Å²) in [5.74, 6) is 0.268. The van der Waals surface area contributed by atoms with Crippen LogP contribution in [-0.4, -0.2) is 36.3 Å². The topological polar surface area (TPSA) is 44.7 Å². The molecule has 1 fully saturated rings. The highest BCUT2D eigenvalue weighted by Crippen LogP contribution is 2.21. The average molecular weight is 284 g/mol. The van der Waals surface area contributed by atoms with E-state index >= 15 is 0 Å². The third-order valence-corrected chi connectivity index (χ3v) is 3.60. The highest BCUT2D eigenvalue weighted by atomic mass is 16.5. The maximum atomic E-state index is 9.46. The van der Waals surface area contributed by atoms with Gasteiger partial charge >= 0.3 is 0 Å². The smallest absolute Gasteiger partial charge is 0.117 e. The van der Waals surface area contributed by atoms with Gasteiger partial charge in [0.2, 0.25) is 0 Å². The Labute approximate surface area is 125 Å². The van der Waals surface area contributed by atoms with Gasteiger partial charge in [-0.15, -0.1) is 0 Å². The summed E-state index contributed by atoms with van der Waals surface area (Å²) in [6.07, 6.45) is 0. The van der Waals surface area contributed by atoms with Crippen LogP contribution >= 0.6 is 0 Å². The number of benzene rings is 2. The van der Waals surface area contributed by atoms with Gasteiger partial charge in [0.15, 0.2) is 0 Å². The standard InChI is InChI=1S/C17H20N2O2/c20-17-3-1-2-16(12-17)18-15-6-4-14(5-7-15)13-19-8-10-21-11-9-19/h1-7,12,18,20H,8-11,13H2. The normalized spacial score (nSPS) is 15.8. The molecule has 4 nitrogen and oxygen atoms in total. The van der Waals surface area contributed by atoms with Gasteiger partial charge in [0.25, 0.3) is 0 Å². The van der Waals surface area contributed by atoms with E-state index in [0.29, 0.717) is 0 Å². The molecule has 0 aliphatic carbocycles. The Balaban J connectivity index is 1.61. The lowest BCUT2D eigenvalue weighted by Crippen LogP contribution is -2.35. The van der Waals surface area contributed by atoms with Gasteiger partial charge in [-0.2, -0.15) is 0 Å². The quantitative estimate of drug-likeness (QED) is 0.906. The number of nitrogens with one attached hydrogen (secondary N) is 1. The van der Waals surface area contributed by atoms with Gasteiger partial charge in [-0.3, -0.25) is 4.90 Å². The van der Waals surface area contributed by atoms with E-state index in [2.05, 4.69) is 34.5 Å². The van der Waals surface area contributed by atoms with Gasteiger partial charge in [-0.1, -0.05) is 18.2 Å². The van der Waals surface area contributed by atoms with E-state index in [4.69, 9.17) is 4.74 Å². The predicted molar refractivity (Wildman–Crippen MR) is 83.9 cm³/mol. The summed E-state index contributed by atoms with van der Waals surface area (Å²) in [6.45, 7) is 4.64. The number of anilines is 2. The van der Waals surface area contributed by atoms with Gasteiger partial charge < -0.3 is 15.2 Å². The van der Waals surface area contributed by atoms with E-state index in [1.54, 1.807) is 12.1 Å². The van der Waals surface area contributed by atoms with Crippen LogP contribution in [0.4, 0.5) is 11.4 Å². The first-order chi connectivity index (χ1) is 10.3.